The number of H-pyrrole nitrogens is 1. The molecule has 1 aromatic heterocycles. The molecule has 4 rings (SSSR count). The van der Waals surface area contributed by atoms with E-state index in [1.54, 1.807) is 12.1 Å². The third kappa shape index (κ3) is 5.20. The minimum absolute atomic E-state index is 0.0888. The maximum absolute atomic E-state index is 13.1. The quantitative estimate of drug-likeness (QED) is 0.397. The Morgan fingerprint density at radius 3 is 2.53 bits per heavy atom. The van der Waals surface area contributed by atoms with Crippen LogP contribution in [0.4, 0.5) is 0 Å². The van der Waals surface area contributed by atoms with E-state index >= 15 is 0 Å². The van der Waals surface area contributed by atoms with Crippen LogP contribution in [0.2, 0.25) is 10.0 Å². The van der Waals surface area contributed by atoms with Gasteiger partial charge in [-0.25, -0.2) is 0 Å². The second-order valence-electron chi connectivity index (χ2n) is 8.98. The number of aliphatic hydroxyl groups excluding tert-OH is 1. The van der Waals surface area contributed by atoms with Crippen molar-refractivity contribution in [2.75, 3.05) is 19.8 Å². The normalized spacial score (nSPS) is 21.1. The minimum atomic E-state index is -0.109. The van der Waals surface area contributed by atoms with Gasteiger partial charge in [0.2, 0.25) is 0 Å². The van der Waals surface area contributed by atoms with Crippen molar-refractivity contribution in [2.45, 2.75) is 51.7 Å². The number of aromatic amines is 1. The molecular formula is C26H31Cl2N3O3. The highest BCUT2D eigenvalue weighted by atomic mass is 35.5. The van der Waals surface area contributed by atoms with Crippen LogP contribution < -0.4 is 10.1 Å². The number of halogens is 2. The lowest BCUT2D eigenvalue weighted by atomic mass is 9.92. The van der Waals surface area contributed by atoms with Gasteiger partial charge in [0.1, 0.15) is 5.75 Å². The summed E-state index contributed by atoms with van der Waals surface area (Å²) in [5.41, 5.74) is 3.17. The molecule has 182 valence electrons. The molecule has 3 N–H and O–H groups in total. The summed E-state index contributed by atoms with van der Waals surface area (Å²) in [5.74, 6) is 0.529. The van der Waals surface area contributed by atoms with E-state index in [-0.39, 0.29) is 18.6 Å². The number of nitrogens with one attached hydrogen (secondary N) is 2. The summed E-state index contributed by atoms with van der Waals surface area (Å²) in [7, 11) is 0. The Hall–Kier alpha value is -2.25. The molecule has 0 spiro atoms. The number of hydrogen-bond acceptors (Lipinski definition) is 4. The maximum Gasteiger partial charge on any atom is 0.251 e. The molecule has 1 amide bonds. The van der Waals surface area contributed by atoms with Crippen LogP contribution in [0.25, 0.3) is 22.2 Å². The van der Waals surface area contributed by atoms with Gasteiger partial charge in [-0.3, -0.25) is 9.69 Å². The van der Waals surface area contributed by atoms with Gasteiger partial charge in [-0.2, -0.15) is 0 Å². The number of β-amino-alcohol motifs (C(OH)–C–C–N with tert-alkyl or cyclic N) is 1. The second-order valence-corrected chi connectivity index (χ2v) is 9.80. The Balaban J connectivity index is 1.55. The lowest BCUT2D eigenvalue weighted by molar-refractivity contribution is 0.0595. The summed E-state index contributed by atoms with van der Waals surface area (Å²) in [4.78, 5) is 18.8. The first-order chi connectivity index (χ1) is 16.3. The van der Waals surface area contributed by atoms with Crippen molar-refractivity contribution in [3.8, 4) is 17.0 Å². The average Bonchev–Trinajstić information content (AvgIpc) is 3.19. The lowest BCUT2D eigenvalue weighted by Crippen LogP contribution is -2.53. The first-order valence-electron chi connectivity index (χ1n) is 11.7. The molecule has 0 unspecified atom stereocenters. The van der Waals surface area contributed by atoms with Gasteiger partial charge >= 0.3 is 0 Å². The molecule has 1 aliphatic rings. The number of ether oxygens (including phenoxy) is 1. The van der Waals surface area contributed by atoms with E-state index in [0.29, 0.717) is 46.6 Å². The molecule has 1 fully saturated rings. The number of amides is 1. The Labute approximate surface area is 210 Å². The minimum Gasteiger partial charge on any atom is -0.493 e. The number of hydrogen-bond donors (Lipinski definition) is 3. The zero-order valence-electron chi connectivity index (χ0n) is 19.7. The molecule has 1 aliphatic heterocycles. The van der Waals surface area contributed by atoms with Crippen molar-refractivity contribution in [3.63, 3.8) is 0 Å². The summed E-state index contributed by atoms with van der Waals surface area (Å²) < 4.78 is 5.91. The van der Waals surface area contributed by atoms with Crippen LogP contribution in [0, 0.1) is 0 Å². The third-order valence-electron chi connectivity index (χ3n) is 6.57. The summed E-state index contributed by atoms with van der Waals surface area (Å²) in [6.07, 6.45) is 1.71. The molecule has 2 aromatic carbocycles. The average molecular weight is 504 g/mol. The van der Waals surface area contributed by atoms with Gasteiger partial charge in [-0.05, 0) is 70.0 Å². The molecule has 0 bridgehead atoms. The standard InChI is InChI=1S/C26H31Cl2N3O3/c1-4-34-25-13-17(26(33)29-19-9-15(2)31(7-8-32)16(3)10-19)5-6-20(25)24-12-18-11-21(27)22(28)14-23(18)30-24/h5-6,11-16,19,30,32H,4,7-10H2,1-3H3,(H,29,33)/t15-,16-/m0/s1. The number of aliphatic hydroxyl groups is 1. The number of carbonyl (C=O) groups excluding carboxylic acids is 1. The zero-order valence-corrected chi connectivity index (χ0v) is 21.2. The number of aromatic nitrogens is 1. The van der Waals surface area contributed by atoms with Crippen LogP contribution in [-0.2, 0) is 0 Å². The Bertz CT molecular complexity index is 1130. The van der Waals surface area contributed by atoms with Crippen molar-refractivity contribution >= 4 is 40.0 Å². The number of fused-ring (bicyclic) bond motifs is 1. The van der Waals surface area contributed by atoms with Crippen molar-refractivity contribution in [3.05, 3.63) is 52.0 Å². The highest BCUT2D eigenvalue weighted by molar-refractivity contribution is 6.42. The highest BCUT2D eigenvalue weighted by Crippen LogP contribution is 2.35. The number of nitrogens with zero attached hydrogens (tertiary/aromatic N) is 1. The summed E-state index contributed by atoms with van der Waals surface area (Å²) >= 11 is 12.3. The van der Waals surface area contributed by atoms with Crippen LogP contribution in [0.1, 0.15) is 44.0 Å². The van der Waals surface area contributed by atoms with Crippen molar-refractivity contribution in [1.82, 2.24) is 15.2 Å². The molecule has 0 radical (unpaired) electrons. The van der Waals surface area contributed by atoms with E-state index in [2.05, 4.69) is 29.0 Å². The first kappa shape index (κ1) is 24.9. The number of benzene rings is 2. The van der Waals surface area contributed by atoms with Gasteiger partial charge in [0.25, 0.3) is 5.91 Å². The molecule has 1 saturated heterocycles. The lowest BCUT2D eigenvalue weighted by Gasteiger charge is -2.42. The molecule has 0 saturated carbocycles. The van der Waals surface area contributed by atoms with E-state index in [1.165, 1.54) is 0 Å². The van der Waals surface area contributed by atoms with Crippen LogP contribution >= 0.6 is 23.2 Å². The van der Waals surface area contributed by atoms with E-state index in [4.69, 9.17) is 27.9 Å². The molecule has 2 atom stereocenters. The van der Waals surface area contributed by atoms with Gasteiger partial charge < -0.3 is 20.1 Å². The fraction of sp³-hybridized carbons (Fsp3) is 0.423. The van der Waals surface area contributed by atoms with Crippen LogP contribution in [-0.4, -0.2) is 58.8 Å². The molecule has 34 heavy (non-hydrogen) atoms. The Morgan fingerprint density at radius 2 is 1.85 bits per heavy atom. The SMILES string of the molecule is CCOc1cc(C(=O)NC2C[C@H](C)N(CCO)[C@@H](C)C2)ccc1-c1cc2cc(Cl)c(Cl)cc2[nH]1. The van der Waals surface area contributed by atoms with Crippen LogP contribution in [0.5, 0.6) is 5.75 Å². The molecule has 2 heterocycles. The monoisotopic (exact) mass is 503 g/mol. The topological polar surface area (TPSA) is 77.6 Å². The Morgan fingerprint density at radius 1 is 1.15 bits per heavy atom. The van der Waals surface area contributed by atoms with Gasteiger partial charge in [0.15, 0.2) is 0 Å². The van der Waals surface area contributed by atoms with Gasteiger partial charge in [0.05, 0.1) is 29.0 Å². The van der Waals surface area contributed by atoms with Gasteiger partial charge in [-0.15, -0.1) is 0 Å². The second kappa shape index (κ2) is 10.6. The molecule has 6 nitrogen and oxygen atoms in total. The van der Waals surface area contributed by atoms with Crippen LogP contribution in [0.15, 0.2) is 36.4 Å². The largest absolute Gasteiger partial charge is 0.493 e. The fourth-order valence-corrected chi connectivity index (χ4v) is 5.34. The number of carbonyl (C=O) groups is 1. The van der Waals surface area contributed by atoms with Gasteiger partial charge in [-0.1, -0.05) is 23.2 Å². The first-order valence-corrected chi connectivity index (χ1v) is 12.5. The number of rotatable bonds is 7. The predicted molar refractivity (Wildman–Crippen MR) is 138 cm³/mol. The summed E-state index contributed by atoms with van der Waals surface area (Å²) in [6.45, 7) is 7.50. The van der Waals surface area contributed by atoms with Crippen molar-refractivity contribution < 1.29 is 14.6 Å². The third-order valence-corrected chi connectivity index (χ3v) is 7.29. The van der Waals surface area contributed by atoms with Crippen molar-refractivity contribution in [1.29, 1.82) is 0 Å². The smallest absolute Gasteiger partial charge is 0.251 e. The Kier molecular flexibility index (Phi) is 7.73. The van der Waals surface area contributed by atoms with E-state index in [1.807, 2.05) is 31.2 Å². The van der Waals surface area contributed by atoms with Crippen LogP contribution in [0.3, 0.4) is 0 Å². The fourth-order valence-electron chi connectivity index (χ4n) is 5.00. The van der Waals surface area contributed by atoms with E-state index in [9.17, 15) is 9.90 Å². The van der Waals surface area contributed by atoms with Crippen molar-refractivity contribution in [2.24, 2.45) is 0 Å². The number of likely N-dealkylation sites (tertiary alicyclic amines) is 1. The molecule has 3 aromatic rings. The molecule has 8 heteroatoms. The maximum atomic E-state index is 13.1. The summed E-state index contributed by atoms with van der Waals surface area (Å²) in [6, 6.07) is 11.8. The van der Waals surface area contributed by atoms with E-state index < -0.39 is 0 Å². The van der Waals surface area contributed by atoms with E-state index in [0.717, 1.165) is 35.0 Å². The number of piperidine rings is 1. The highest BCUT2D eigenvalue weighted by Gasteiger charge is 2.31. The van der Waals surface area contributed by atoms with Gasteiger partial charge in [0, 0.05) is 46.7 Å². The molecular weight excluding hydrogens is 473 g/mol. The predicted octanol–water partition coefficient (Wildman–Crippen LogP) is 5.50. The molecule has 0 aliphatic carbocycles. The summed E-state index contributed by atoms with van der Waals surface area (Å²) in [5, 5.41) is 14.5. The zero-order chi connectivity index (χ0) is 24.4.